The van der Waals surface area contributed by atoms with Crippen molar-refractivity contribution in [1.82, 2.24) is 30.9 Å². The number of hydrogen-bond acceptors (Lipinski definition) is 7. The van der Waals surface area contributed by atoms with Crippen molar-refractivity contribution in [3.05, 3.63) is 34.2 Å². The highest BCUT2D eigenvalue weighted by Crippen LogP contribution is 2.36. The molecule has 2 aromatic rings. The van der Waals surface area contributed by atoms with Crippen LogP contribution in [0.4, 0.5) is 0 Å². The maximum Gasteiger partial charge on any atom is 0.178 e. The monoisotopic (exact) mass is 348 g/mol. The number of nitrogens with zero attached hydrogens (tertiary/aromatic N) is 4. The van der Waals surface area contributed by atoms with Crippen LogP contribution in [0.5, 0.6) is 0 Å². The van der Waals surface area contributed by atoms with E-state index in [2.05, 4.69) is 51.7 Å². The summed E-state index contributed by atoms with van der Waals surface area (Å²) in [4.78, 5) is 4.82. The molecule has 0 saturated carbocycles. The van der Waals surface area contributed by atoms with Gasteiger partial charge in [-0.2, -0.15) is 5.21 Å². The number of nitrogens with one attached hydrogen (secondary N) is 2. The van der Waals surface area contributed by atoms with E-state index in [4.69, 9.17) is 4.98 Å². The van der Waals surface area contributed by atoms with Crippen molar-refractivity contribution in [2.75, 3.05) is 13.1 Å². The summed E-state index contributed by atoms with van der Waals surface area (Å²) in [5.74, 6) is 1.25. The standard InChI is InChI=1S/C16H24N6OS/c1-9(2)14(10(3)23)13(15-19-21-22-20-15)6-12-8-24-16(18-12)11-4-5-17-7-11/h8-9,11,13-14,17,23H,3-7H2,1-2H3,(H,19,20,21,22)/t11?,13-,14+/m0/s1. The molecule has 1 fully saturated rings. The van der Waals surface area contributed by atoms with E-state index in [0.717, 1.165) is 25.2 Å². The van der Waals surface area contributed by atoms with Gasteiger partial charge in [0.2, 0.25) is 0 Å². The number of aliphatic hydroxyl groups excluding tert-OH is 1. The first kappa shape index (κ1) is 17.0. The Labute approximate surface area is 145 Å². The van der Waals surface area contributed by atoms with Crippen molar-refractivity contribution in [3.63, 3.8) is 0 Å². The third-order valence-electron chi connectivity index (χ3n) is 4.64. The topological polar surface area (TPSA) is 99.6 Å². The van der Waals surface area contributed by atoms with Crippen molar-refractivity contribution >= 4 is 11.3 Å². The van der Waals surface area contributed by atoms with Gasteiger partial charge in [-0.05, 0) is 18.9 Å². The predicted octanol–water partition coefficient (Wildman–Crippen LogP) is 2.40. The number of allylic oxidation sites excluding steroid dienone is 1. The van der Waals surface area contributed by atoms with Gasteiger partial charge in [0.1, 0.15) is 0 Å². The van der Waals surface area contributed by atoms with E-state index in [1.807, 2.05) is 0 Å². The molecule has 3 heterocycles. The summed E-state index contributed by atoms with van der Waals surface area (Å²) in [7, 11) is 0. The first-order valence-corrected chi connectivity index (χ1v) is 9.20. The van der Waals surface area contributed by atoms with E-state index in [1.165, 1.54) is 5.01 Å². The Bertz CT molecular complexity index is 662. The largest absolute Gasteiger partial charge is 0.513 e. The lowest BCUT2D eigenvalue weighted by atomic mass is 9.79. The lowest BCUT2D eigenvalue weighted by Gasteiger charge is -2.26. The van der Waals surface area contributed by atoms with Gasteiger partial charge in [-0.15, -0.1) is 21.5 Å². The minimum absolute atomic E-state index is 0.0992. The Hall–Kier alpha value is -1.80. The van der Waals surface area contributed by atoms with Crippen molar-refractivity contribution in [2.45, 2.75) is 38.5 Å². The van der Waals surface area contributed by atoms with Gasteiger partial charge in [-0.3, -0.25) is 0 Å². The molecule has 0 aromatic carbocycles. The zero-order chi connectivity index (χ0) is 17.1. The summed E-state index contributed by atoms with van der Waals surface area (Å²) >= 11 is 1.71. The minimum Gasteiger partial charge on any atom is -0.513 e. The van der Waals surface area contributed by atoms with Crippen LogP contribution in [0.2, 0.25) is 0 Å². The van der Waals surface area contributed by atoms with Crippen molar-refractivity contribution in [2.24, 2.45) is 11.8 Å². The van der Waals surface area contributed by atoms with Crippen molar-refractivity contribution in [1.29, 1.82) is 0 Å². The first-order chi connectivity index (χ1) is 11.6. The van der Waals surface area contributed by atoms with Gasteiger partial charge < -0.3 is 10.4 Å². The van der Waals surface area contributed by atoms with E-state index >= 15 is 0 Å². The zero-order valence-electron chi connectivity index (χ0n) is 14.1. The molecule has 0 spiro atoms. The maximum absolute atomic E-state index is 10.1. The van der Waals surface area contributed by atoms with Gasteiger partial charge >= 0.3 is 0 Å². The third kappa shape index (κ3) is 3.64. The molecule has 0 amide bonds. The second-order valence-corrected chi connectivity index (χ2v) is 7.60. The molecule has 24 heavy (non-hydrogen) atoms. The van der Waals surface area contributed by atoms with Crippen LogP contribution in [0.1, 0.15) is 48.6 Å². The summed E-state index contributed by atoms with van der Waals surface area (Å²) in [6.45, 7) is 9.95. The van der Waals surface area contributed by atoms with Crippen LogP contribution in [-0.4, -0.2) is 43.8 Å². The second kappa shape index (κ2) is 7.40. The van der Waals surface area contributed by atoms with Crippen LogP contribution >= 0.6 is 11.3 Å². The molecule has 7 nitrogen and oxygen atoms in total. The molecule has 1 saturated heterocycles. The smallest absolute Gasteiger partial charge is 0.178 e. The number of aliphatic hydroxyl groups is 1. The molecule has 3 rings (SSSR count). The minimum atomic E-state index is -0.138. The van der Waals surface area contributed by atoms with Gasteiger partial charge in [0, 0.05) is 36.1 Å². The van der Waals surface area contributed by atoms with Gasteiger partial charge in [0.25, 0.3) is 0 Å². The van der Waals surface area contributed by atoms with Crippen LogP contribution < -0.4 is 5.32 Å². The van der Waals surface area contributed by atoms with Crippen LogP contribution in [0.15, 0.2) is 17.7 Å². The highest BCUT2D eigenvalue weighted by Gasteiger charge is 2.32. The Morgan fingerprint density at radius 1 is 1.50 bits per heavy atom. The van der Waals surface area contributed by atoms with E-state index in [-0.39, 0.29) is 23.5 Å². The van der Waals surface area contributed by atoms with Crippen molar-refractivity contribution < 1.29 is 5.11 Å². The fourth-order valence-corrected chi connectivity index (χ4v) is 4.45. The average Bonchev–Trinajstić information content (AvgIpc) is 3.27. The van der Waals surface area contributed by atoms with E-state index in [0.29, 0.717) is 18.2 Å². The number of aromatic nitrogens is 5. The fraction of sp³-hybridized carbons (Fsp3) is 0.625. The van der Waals surface area contributed by atoms with Crippen LogP contribution in [0.25, 0.3) is 0 Å². The summed E-state index contributed by atoms with van der Waals surface area (Å²) in [6.07, 6.45) is 1.81. The highest BCUT2D eigenvalue weighted by atomic mass is 32.1. The molecule has 0 radical (unpaired) electrons. The van der Waals surface area contributed by atoms with E-state index in [1.54, 1.807) is 11.3 Å². The molecule has 1 aliphatic heterocycles. The van der Waals surface area contributed by atoms with Crippen LogP contribution in [-0.2, 0) is 6.42 Å². The third-order valence-corrected chi connectivity index (χ3v) is 5.69. The fourth-order valence-electron chi connectivity index (χ4n) is 3.48. The molecule has 0 bridgehead atoms. The van der Waals surface area contributed by atoms with Gasteiger partial charge in [-0.25, -0.2) is 4.98 Å². The van der Waals surface area contributed by atoms with Gasteiger partial charge in [0.15, 0.2) is 5.82 Å². The number of aromatic amines is 1. The SMILES string of the molecule is C=C(O)[C@@H](C(C)C)[C@H](Cc1csc(C2CCNC2)n1)c1nn[nH]n1. The number of tetrazole rings is 1. The zero-order valence-corrected chi connectivity index (χ0v) is 14.9. The highest BCUT2D eigenvalue weighted by molar-refractivity contribution is 7.09. The van der Waals surface area contributed by atoms with Crippen molar-refractivity contribution in [3.8, 4) is 0 Å². The Balaban J connectivity index is 1.82. The molecule has 0 aliphatic carbocycles. The van der Waals surface area contributed by atoms with E-state index < -0.39 is 0 Å². The Kier molecular flexibility index (Phi) is 5.25. The summed E-state index contributed by atoms with van der Waals surface area (Å²) in [6, 6.07) is 0. The number of rotatable bonds is 7. The van der Waals surface area contributed by atoms with E-state index in [9.17, 15) is 5.11 Å². The molecule has 2 aromatic heterocycles. The predicted molar refractivity (Wildman–Crippen MR) is 93.1 cm³/mol. The molecule has 8 heteroatoms. The number of hydrogen-bond donors (Lipinski definition) is 3. The maximum atomic E-state index is 10.1. The lowest BCUT2D eigenvalue weighted by molar-refractivity contribution is 0.243. The lowest BCUT2D eigenvalue weighted by Crippen LogP contribution is -2.24. The van der Waals surface area contributed by atoms with Gasteiger partial charge in [-0.1, -0.05) is 25.6 Å². The molecular formula is C16H24N6OS. The normalized spacial score (nSPS) is 20.4. The summed E-state index contributed by atoms with van der Waals surface area (Å²) in [5.41, 5.74) is 1.02. The summed E-state index contributed by atoms with van der Waals surface area (Å²) < 4.78 is 0. The molecule has 3 atom stereocenters. The second-order valence-electron chi connectivity index (χ2n) is 6.71. The molecule has 3 N–H and O–H groups in total. The molecule has 130 valence electrons. The Morgan fingerprint density at radius 2 is 2.33 bits per heavy atom. The van der Waals surface area contributed by atoms with Crippen LogP contribution in [0.3, 0.4) is 0 Å². The van der Waals surface area contributed by atoms with Crippen LogP contribution in [0, 0.1) is 11.8 Å². The summed E-state index contributed by atoms with van der Waals surface area (Å²) in [5, 5.41) is 31.3. The molecular weight excluding hydrogens is 324 g/mol. The first-order valence-electron chi connectivity index (χ1n) is 8.32. The quantitative estimate of drug-likeness (QED) is 0.665. The number of thiazole rings is 1. The Morgan fingerprint density at radius 3 is 2.92 bits per heavy atom. The number of H-pyrrole nitrogens is 1. The molecule has 1 unspecified atom stereocenters. The van der Waals surface area contributed by atoms with Gasteiger partial charge in [0.05, 0.1) is 16.5 Å². The molecule has 1 aliphatic rings. The average molecular weight is 348 g/mol.